The largest absolute Gasteiger partial charge is 0.481 e. The van der Waals surface area contributed by atoms with Gasteiger partial charge in [-0.3, -0.25) is 9.59 Å². The van der Waals surface area contributed by atoms with Gasteiger partial charge in [-0.2, -0.15) is 5.10 Å². The lowest BCUT2D eigenvalue weighted by Gasteiger charge is -2.27. The van der Waals surface area contributed by atoms with Gasteiger partial charge in [0.1, 0.15) is 0 Å². The molecule has 1 aromatic carbocycles. The van der Waals surface area contributed by atoms with Crippen LogP contribution in [0.3, 0.4) is 0 Å². The van der Waals surface area contributed by atoms with Crippen LogP contribution in [-0.4, -0.2) is 46.5 Å². The van der Waals surface area contributed by atoms with Crippen LogP contribution in [-0.2, 0) is 9.53 Å². The summed E-state index contributed by atoms with van der Waals surface area (Å²) in [5, 5.41) is 16.7. The lowest BCUT2D eigenvalue weighted by Crippen LogP contribution is -2.39. The SMILES string of the molecule is Cc1ccccc1-n1ncc(C(=O)NCC(C(=O)O)C2CCOCC2)c1C. The number of nitrogens with one attached hydrogen (secondary N) is 1. The number of ether oxygens (including phenoxy) is 1. The molecule has 3 rings (SSSR count). The van der Waals surface area contributed by atoms with Crippen LogP contribution in [0.2, 0.25) is 0 Å². The number of aliphatic carboxylic acids is 1. The van der Waals surface area contributed by atoms with Gasteiger partial charge in [-0.05, 0) is 44.2 Å². The van der Waals surface area contributed by atoms with E-state index < -0.39 is 11.9 Å². The third-order valence-electron chi connectivity index (χ3n) is 5.23. The molecule has 2 heterocycles. The number of amides is 1. The van der Waals surface area contributed by atoms with Gasteiger partial charge >= 0.3 is 5.97 Å². The third kappa shape index (κ3) is 4.19. The number of carboxylic acid groups (broad SMARTS) is 1. The van der Waals surface area contributed by atoms with Gasteiger partial charge in [-0.1, -0.05) is 18.2 Å². The number of benzene rings is 1. The van der Waals surface area contributed by atoms with Crippen LogP contribution >= 0.6 is 0 Å². The fraction of sp³-hybridized carbons (Fsp3) is 0.450. The summed E-state index contributed by atoms with van der Waals surface area (Å²) >= 11 is 0. The molecule has 144 valence electrons. The van der Waals surface area contributed by atoms with Gasteiger partial charge in [-0.15, -0.1) is 0 Å². The first-order chi connectivity index (χ1) is 13.0. The minimum Gasteiger partial charge on any atom is -0.481 e. The first-order valence-corrected chi connectivity index (χ1v) is 9.18. The van der Waals surface area contributed by atoms with Crippen molar-refractivity contribution in [1.82, 2.24) is 15.1 Å². The topological polar surface area (TPSA) is 93.5 Å². The highest BCUT2D eigenvalue weighted by Gasteiger charge is 2.30. The smallest absolute Gasteiger partial charge is 0.308 e. The number of carbonyl (C=O) groups excluding carboxylic acids is 1. The zero-order chi connectivity index (χ0) is 19.4. The van der Waals surface area contributed by atoms with Gasteiger partial charge in [-0.25, -0.2) is 4.68 Å². The second-order valence-electron chi connectivity index (χ2n) is 6.95. The van der Waals surface area contributed by atoms with E-state index in [1.807, 2.05) is 38.1 Å². The van der Waals surface area contributed by atoms with E-state index in [2.05, 4.69) is 10.4 Å². The zero-order valence-electron chi connectivity index (χ0n) is 15.6. The van der Waals surface area contributed by atoms with Gasteiger partial charge in [0.2, 0.25) is 0 Å². The molecule has 1 saturated heterocycles. The Bertz CT molecular complexity index is 824. The molecule has 0 radical (unpaired) electrons. The number of carbonyl (C=O) groups is 2. The molecule has 1 unspecified atom stereocenters. The monoisotopic (exact) mass is 371 g/mol. The van der Waals surface area contributed by atoms with Crippen molar-refractivity contribution in [2.45, 2.75) is 26.7 Å². The summed E-state index contributed by atoms with van der Waals surface area (Å²) in [6, 6.07) is 7.81. The maximum absolute atomic E-state index is 12.6. The Balaban J connectivity index is 1.71. The Hall–Kier alpha value is -2.67. The minimum absolute atomic E-state index is 0.0207. The normalized spacial score (nSPS) is 16.1. The quantitative estimate of drug-likeness (QED) is 0.813. The predicted molar refractivity (Wildman–Crippen MR) is 100 cm³/mol. The molecule has 0 bridgehead atoms. The highest BCUT2D eigenvalue weighted by atomic mass is 16.5. The standard InChI is InChI=1S/C20H25N3O4/c1-13-5-3-4-6-18(13)23-14(2)16(12-22-23)19(24)21-11-17(20(25)26)15-7-9-27-10-8-15/h3-6,12,15,17H,7-11H2,1-2H3,(H,21,24)(H,25,26). The number of nitrogens with zero attached hydrogens (tertiary/aromatic N) is 2. The average Bonchev–Trinajstić information content (AvgIpc) is 3.04. The van der Waals surface area contributed by atoms with Gasteiger partial charge in [0.15, 0.2) is 0 Å². The van der Waals surface area contributed by atoms with E-state index in [0.717, 1.165) is 16.9 Å². The molecule has 1 aromatic heterocycles. The predicted octanol–water partition coefficient (Wildman–Crippen LogP) is 2.35. The van der Waals surface area contributed by atoms with Crippen LogP contribution in [0.5, 0.6) is 0 Å². The van der Waals surface area contributed by atoms with Crippen molar-refractivity contribution in [2.24, 2.45) is 11.8 Å². The first kappa shape index (κ1) is 19.1. The maximum Gasteiger partial charge on any atom is 0.308 e. The van der Waals surface area contributed by atoms with Crippen LogP contribution in [0.1, 0.15) is 34.5 Å². The number of aryl methyl sites for hydroxylation is 1. The molecule has 0 aliphatic carbocycles. The Labute approximate surface area is 158 Å². The van der Waals surface area contributed by atoms with Crippen molar-refractivity contribution in [2.75, 3.05) is 19.8 Å². The molecule has 2 aromatic rings. The van der Waals surface area contributed by atoms with E-state index >= 15 is 0 Å². The van der Waals surface area contributed by atoms with Crippen molar-refractivity contribution in [3.8, 4) is 5.69 Å². The molecule has 0 spiro atoms. The van der Waals surface area contributed by atoms with E-state index in [0.29, 0.717) is 31.6 Å². The molecule has 1 aliphatic rings. The Kier molecular flexibility index (Phi) is 5.91. The van der Waals surface area contributed by atoms with Crippen molar-refractivity contribution in [3.05, 3.63) is 47.3 Å². The van der Waals surface area contributed by atoms with E-state index in [9.17, 15) is 14.7 Å². The Morgan fingerprint density at radius 2 is 2.00 bits per heavy atom. The number of carboxylic acids is 1. The van der Waals surface area contributed by atoms with Crippen LogP contribution < -0.4 is 5.32 Å². The molecule has 1 fully saturated rings. The van der Waals surface area contributed by atoms with Crippen molar-refractivity contribution >= 4 is 11.9 Å². The molecule has 0 saturated carbocycles. The van der Waals surface area contributed by atoms with Gasteiger partial charge in [0, 0.05) is 19.8 Å². The van der Waals surface area contributed by atoms with Crippen LogP contribution in [0.15, 0.2) is 30.5 Å². The number of aromatic nitrogens is 2. The molecular weight excluding hydrogens is 346 g/mol. The molecule has 27 heavy (non-hydrogen) atoms. The number of hydrogen-bond acceptors (Lipinski definition) is 4. The van der Waals surface area contributed by atoms with E-state index in [1.54, 1.807) is 4.68 Å². The highest BCUT2D eigenvalue weighted by Crippen LogP contribution is 2.24. The van der Waals surface area contributed by atoms with E-state index in [1.165, 1.54) is 6.20 Å². The summed E-state index contributed by atoms with van der Waals surface area (Å²) < 4.78 is 7.04. The lowest BCUT2D eigenvalue weighted by atomic mass is 9.86. The van der Waals surface area contributed by atoms with Crippen molar-refractivity contribution < 1.29 is 19.4 Å². The second-order valence-corrected chi connectivity index (χ2v) is 6.95. The van der Waals surface area contributed by atoms with Crippen molar-refractivity contribution in [1.29, 1.82) is 0 Å². The van der Waals surface area contributed by atoms with Crippen LogP contribution in [0.4, 0.5) is 0 Å². The molecule has 2 N–H and O–H groups in total. The molecular formula is C20H25N3O4. The lowest BCUT2D eigenvalue weighted by molar-refractivity contribution is -0.144. The summed E-state index contributed by atoms with van der Waals surface area (Å²) in [5.74, 6) is -1.77. The summed E-state index contributed by atoms with van der Waals surface area (Å²) in [6.45, 7) is 5.08. The molecule has 1 atom stereocenters. The van der Waals surface area contributed by atoms with Crippen molar-refractivity contribution in [3.63, 3.8) is 0 Å². The summed E-state index contributed by atoms with van der Waals surface area (Å²) in [7, 11) is 0. The fourth-order valence-electron chi connectivity index (χ4n) is 3.55. The fourth-order valence-corrected chi connectivity index (χ4v) is 3.55. The summed E-state index contributed by atoms with van der Waals surface area (Å²) in [5.41, 5.74) is 3.15. The second kappa shape index (κ2) is 8.35. The maximum atomic E-state index is 12.6. The number of hydrogen-bond donors (Lipinski definition) is 2. The first-order valence-electron chi connectivity index (χ1n) is 9.18. The van der Waals surface area contributed by atoms with Gasteiger partial charge in [0.25, 0.3) is 5.91 Å². The summed E-state index contributed by atoms with van der Waals surface area (Å²) in [6.07, 6.45) is 2.94. The molecule has 7 nitrogen and oxygen atoms in total. The van der Waals surface area contributed by atoms with Crippen LogP contribution in [0.25, 0.3) is 5.69 Å². The van der Waals surface area contributed by atoms with E-state index in [4.69, 9.17) is 4.74 Å². The van der Waals surface area contributed by atoms with Gasteiger partial charge < -0.3 is 15.2 Å². The molecule has 1 aliphatic heterocycles. The minimum atomic E-state index is -0.880. The van der Waals surface area contributed by atoms with E-state index in [-0.39, 0.29) is 18.4 Å². The number of rotatable bonds is 6. The number of para-hydroxylation sites is 1. The molecule has 7 heteroatoms. The van der Waals surface area contributed by atoms with Crippen LogP contribution in [0, 0.1) is 25.7 Å². The Morgan fingerprint density at radius 1 is 1.30 bits per heavy atom. The average molecular weight is 371 g/mol. The summed E-state index contributed by atoms with van der Waals surface area (Å²) in [4.78, 5) is 24.3. The molecule has 1 amide bonds. The highest BCUT2D eigenvalue weighted by molar-refractivity contribution is 5.95. The Morgan fingerprint density at radius 3 is 2.67 bits per heavy atom. The third-order valence-corrected chi connectivity index (χ3v) is 5.23. The zero-order valence-corrected chi connectivity index (χ0v) is 15.6. The van der Waals surface area contributed by atoms with Gasteiger partial charge in [0.05, 0.1) is 29.1 Å².